The SMILES string of the molecule is COc1cc2c(cc1O)[n+]([O-])c1cc(S(=O)(=O)O)ccc1[n+]2[O-]. The molecular formula is C13H10N2O7S. The van der Waals surface area contributed by atoms with Crippen molar-refractivity contribution in [3.8, 4) is 11.5 Å². The molecule has 1 heterocycles. The summed E-state index contributed by atoms with van der Waals surface area (Å²) < 4.78 is 37.0. The molecule has 0 saturated carbocycles. The van der Waals surface area contributed by atoms with Gasteiger partial charge in [-0.25, -0.2) is 0 Å². The van der Waals surface area contributed by atoms with Gasteiger partial charge in [0.2, 0.25) is 0 Å². The highest BCUT2D eigenvalue weighted by atomic mass is 32.2. The standard InChI is InChI=1S/C13H10N2O7S/c1-22-13-6-11-10(5-12(13)16)15(18)9-4-7(23(19,20)21)2-3-8(9)14(11)17/h2-6,16H,1H3,(H,19,20,21). The molecule has 0 bridgehead atoms. The molecule has 23 heavy (non-hydrogen) atoms. The monoisotopic (exact) mass is 338 g/mol. The highest BCUT2D eigenvalue weighted by Crippen LogP contribution is 2.29. The predicted octanol–water partition coefficient (Wildman–Crippen LogP) is 0.221. The van der Waals surface area contributed by atoms with Gasteiger partial charge in [0.05, 0.1) is 19.2 Å². The van der Waals surface area contributed by atoms with Crippen molar-refractivity contribution in [2.75, 3.05) is 7.11 Å². The van der Waals surface area contributed by atoms with E-state index in [1.807, 2.05) is 0 Å². The van der Waals surface area contributed by atoms with Crippen LogP contribution in [0.5, 0.6) is 11.5 Å². The molecule has 0 unspecified atom stereocenters. The number of ether oxygens (including phenoxy) is 1. The Morgan fingerprint density at radius 2 is 1.57 bits per heavy atom. The van der Waals surface area contributed by atoms with Crippen LogP contribution in [0.1, 0.15) is 0 Å². The quantitative estimate of drug-likeness (QED) is 0.295. The Kier molecular flexibility index (Phi) is 3.16. The van der Waals surface area contributed by atoms with Crippen LogP contribution in [0, 0.1) is 10.4 Å². The lowest BCUT2D eigenvalue weighted by Crippen LogP contribution is -2.39. The van der Waals surface area contributed by atoms with Crippen molar-refractivity contribution in [2.45, 2.75) is 4.90 Å². The normalized spacial score (nSPS) is 11.9. The number of methoxy groups -OCH3 is 1. The lowest BCUT2D eigenvalue weighted by Gasteiger charge is -2.10. The maximum atomic E-state index is 12.4. The van der Waals surface area contributed by atoms with Gasteiger partial charge < -0.3 is 20.3 Å². The van der Waals surface area contributed by atoms with Gasteiger partial charge in [-0.1, -0.05) is 0 Å². The molecule has 0 radical (unpaired) electrons. The van der Waals surface area contributed by atoms with E-state index in [9.17, 15) is 23.9 Å². The second kappa shape index (κ2) is 4.83. The largest absolute Gasteiger partial charge is 0.617 e. The van der Waals surface area contributed by atoms with Crippen LogP contribution in [0.3, 0.4) is 0 Å². The van der Waals surface area contributed by atoms with Crippen LogP contribution in [-0.2, 0) is 10.1 Å². The second-order valence-corrected chi connectivity index (χ2v) is 6.15. The fraction of sp³-hybridized carbons (Fsp3) is 0.0769. The first-order valence-corrected chi connectivity index (χ1v) is 7.65. The number of hydrogen-bond acceptors (Lipinski definition) is 6. The Bertz CT molecular complexity index is 1060. The number of nitrogens with zero attached hydrogens (tertiary/aromatic N) is 2. The number of fused-ring (bicyclic) bond motifs is 2. The van der Waals surface area contributed by atoms with Gasteiger partial charge >= 0.3 is 0 Å². The van der Waals surface area contributed by atoms with E-state index in [0.29, 0.717) is 9.46 Å². The Hall–Kier alpha value is -2.85. The topological polar surface area (TPSA) is 138 Å². The summed E-state index contributed by atoms with van der Waals surface area (Å²) in [6.45, 7) is 0. The lowest BCUT2D eigenvalue weighted by molar-refractivity contribution is -0.591. The summed E-state index contributed by atoms with van der Waals surface area (Å²) in [5.41, 5.74) is -0.625. The van der Waals surface area contributed by atoms with E-state index in [-0.39, 0.29) is 33.6 Å². The van der Waals surface area contributed by atoms with Gasteiger partial charge in [0, 0.05) is 12.1 Å². The van der Waals surface area contributed by atoms with Gasteiger partial charge in [0.1, 0.15) is 4.90 Å². The number of hydrogen-bond donors (Lipinski definition) is 2. The van der Waals surface area contributed by atoms with Crippen molar-refractivity contribution >= 4 is 32.2 Å². The number of phenolic OH excluding ortho intramolecular Hbond substituents is 1. The summed E-state index contributed by atoms with van der Waals surface area (Å²) in [7, 11) is -3.24. The third kappa shape index (κ3) is 2.24. The third-order valence-electron chi connectivity index (χ3n) is 3.40. The van der Waals surface area contributed by atoms with Crippen molar-refractivity contribution in [1.82, 2.24) is 0 Å². The molecule has 2 N–H and O–H groups in total. The average molecular weight is 338 g/mol. The van der Waals surface area contributed by atoms with E-state index in [4.69, 9.17) is 9.29 Å². The summed E-state index contributed by atoms with van der Waals surface area (Å²) >= 11 is 0. The fourth-order valence-electron chi connectivity index (χ4n) is 2.29. The van der Waals surface area contributed by atoms with Crippen molar-refractivity contribution in [3.05, 3.63) is 40.7 Å². The molecular weight excluding hydrogens is 328 g/mol. The molecule has 0 saturated heterocycles. The molecule has 0 spiro atoms. The van der Waals surface area contributed by atoms with E-state index in [0.717, 1.165) is 24.3 Å². The Morgan fingerprint density at radius 3 is 2.17 bits per heavy atom. The van der Waals surface area contributed by atoms with Gasteiger partial charge in [0.15, 0.2) is 11.5 Å². The van der Waals surface area contributed by atoms with E-state index < -0.39 is 15.0 Å². The minimum Gasteiger partial charge on any atom is -0.617 e. The van der Waals surface area contributed by atoms with Crippen molar-refractivity contribution in [1.29, 1.82) is 0 Å². The smallest absolute Gasteiger partial charge is 0.294 e. The van der Waals surface area contributed by atoms with Gasteiger partial charge in [-0.05, 0) is 6.07 Å². The number of aromatic nitrogens is 2. The summed E-state index contributed by atoms with van der Waals surface area (Å²) in [5.74, 6) is -0.342. The van der Waals surface area contributed by atoms with Crippen LogP contribution in [0.25, 0.3) is 22.1 Å². The number of phenols is 1. The third-order valence-corrected chi connectivity index (χ3v) is 4.25. The molecule has 120 valence electrons. The van der Waals surface area contributed by atoms with Crippen LogP contribution in [0.4, 0.5) is 0 Å². The molecule has 9 nitrogen and oxygen atoms in total. The molecule has 3 aromatic rings. The first-order chi connectivity index (χ1) is 10.7. The maximum Gasteiger partial charge on any atom is 0.294 e. The summed E-state index contributed by atoms with van der Waals surface area (Å²) in [6, 6.07) is 5.23. The summed E-state index contributed by atoms with van der Waals surface area (Å²) in [5, 5.41) is 34.6. The average Bonchev–Trinajstić information content (AvgIpc) is 2.51. The zero-order valence-electron chi connectivity index (χ0n) is 11.6. The minimum absolute atomic E-state index is 0.0102. The molecule has 0 fully saturated rings. The van der Waals surface area contributed by atoms with Gasteiger partial charge in [-0.15, -0.1) is 0 Å². The van der Waals surface area contributed by atoms with Crippen molar-refractivity contribution in [2.24, 2.45) is 0 Å². The zero-order chi connectivity index (χ0) is 16.9. The Balaban J connectivity index is 2.50. The summed E-state index contributed by atoms with van der Waals surface area (Å²) in [6.07, 6.45) is 0. The number of aromatic hydroxyl groups is 1. The van der Waals surface area contributed by atoms with Crippen LogP contribution < -0.4 is 14.2 Å². The van der Waals surface area contributed by atoms with Crippen LogP contribution in [-0.4, -0.2) is 25.2 Å². The second-order valence-electron chi connectivity index (χ2n) is 4.73. The lowest BCUT2D eigenvalue weighted by atomic mass is 10.2. The fourth-order valence-corrected chi connectivity index (χ4v) is 2.79. The first kappa shape index (κ1) is 15.1. The highest BCUT2D eigenvalue weighted by molar-refractivity contribution is 7.85. The molecule has 10 heteroatoms. The molecule has 0 aliphatic rings. The van der Waals surface area contributed by atoms with E-state index in [1.165, 1.54) is 13.2 Å². The van der Waals surface area contributed by atoms with Crippen LogP contribution in [0.2, 0.25) is 0 Å². The Morgan fingerprint density at radius 1 is 1.00 bits per heavy atom. The van der Waals surface area contributed by atoms with Gasteiger partial charge in [-0.3, -0.25) is 4.55 Å². The van der Waals surface area contributed by atoms with Crippen molar-refractivity contribution < 1.29 is 32.3 Å². The highest BCUT2D eigenvalue weighted by Gasteiger charge is 2.25. The minimum atomic E-state index is -4.53. The zero-order valence-corrected chi connectivity index (χ0v) is 12.4. The molecule has 2 aromatic carbocycles. The summed E-state index contributed by atoms with van der Waals surface area (Å²) in [4.78, 5) is -0.522. The molecule has 3 rings (SSSR count). The van der Waals surface area contributed by atoms with Gasteiger partial charge in [0.25, 0.3) is 32.2 Å². The van der Waals surface area contributed by atoms with Crippen LogP contribution >= 0.6 is 0 Å². The molecule has 0 aliphatic heterocycles. The Labute approximate surface area is 129 Å². The molecule has 1 aromatic heterocycles. The van der Waals surface area contributed by atoms with E-state index in [1.54, 1.807) is 0 Å². The van der Waals surface area contributed by atoms with E-state index >= 15 is 0 Å². The van der Waals surface area contributed by atoms with Crippen molar-refractivity contribution in [3.63, 3.8) is 0 Å². The number of benzene rings is 2. The molecule has 0 atom stereocenters. The number of rotatable bonds is 2. The molecule has 0 aliphatic carbocycles. The van der Waals surface area contributed by atoms with E-state index in [2.05, 4.69) is 0 Å². The first-order valence-electron chi connectivity index (χ1n) is 6.21. The van der Waals surface area contributed by atoms with Gasteiger partial charge in [-0.2, -0.15) is 17.9 Å². The van der Waals surface area contributed by atoms with Crippen LogP contribution in [0.15, 0.2) is 35.2 Å². The molecule has 0 amide bonds. The maximum absolute atomic E-state index is 12.4. The predicted molar refractivity (Wildman–Crippen MR) is 77.4 cm³/mol.